The Morgan fingerprint density at radius 2 is 1.86 bits per heavy atom. The Morgan fingerprint density at radius 1 is 1.12 bits per heavy atom. The number of anilines is 1. The number of nitro groups is 1. The van der Waals surface area contributed by atoms with Crippen molar-refractivity contribution in [3.05, 3.63) is 71.9 Å². The van der Waals surface area contributed by atoms with Crippen LogP contribution in [0.15, 0.2) is 50.7 Å². The fraction of sp³-hybridized carbons (Fsp3) is 0.259. The van der Waals surface area contributed by atoms with Gasteiger partial charge < -0.3 is 19.7 Å². The molecule has 0 aliphatic carbocycles. The number of ether oxygens (including phenoxy) is 2. The average molecular weight is 710 g/mol. The first-order valence-corrected chi connectivity index (χ1v) is 15.8. The van der Waals surface area contributed by atoms with E-state index in [0.717, 1.165) is 27.5 Å². The molecular formula is C27H25BrN4O6S4. The highest BCUT2D eigenvalue weighted by molar-refractivity contribution is 9.10. The Bertz CT molecular complexity index is 1510. The number of methoxy groups -OCH3 is 1. The Labute approximate surface area is 270 Å². The number of benzene rings is 2. The van der Waals surface area contributed by atoms with Crippen LogP contribution in [0.2, 0.25) is 0 Å². The third-order valence-electron chi connectivity index (χ3n) is 6.16. The summed E-state index contributed by atoms with van der Waals surface area (Å²) in [7, 11) is 1.61. The molecule has 220 valence electrons. The van der Waals surface area contributed by atoms with E-state index in [-0.39, 0.29) is 17.5 Å². The second kappa shape index (κ2) is 14.6. The number of morpholine rings is 1. The summed E-state index contributed by atoms with van der Waals surface area (Å²) >= 11 is 16.0. The Hall–Kier alpha value is -2.82. The first-order chi connectivity index (χ1) is 20.1. The summed E-state index contributed by atoms with van der Waals surface area (Å²) in [6.45, 7) is 4.85. The standard InChI is InChI=1S/C14H13N3O4S2.C13H12BrNO2S2/c18-13-12(23-14(22)15-13)8-9-1-2-10(11(7-9)17(19)20)16-3-5-21-6-4-16;1-3-15-12(16)11(19-13(15)18)7-8-6-9(14)4-5-10(8)17-2/h1-2,7-8H,3-6H2,(H,15,18,22);4-7H,3H2,1-2H3/b12-8-;11-7-. The number of nitrogens with zero attached hydrogens (tertiary/aromatic N) is 3. The van der Waals surface area contributed by atoms with E-state index in [1.165, 1.54) is 17.8 Å². The van der Waals surface area contributed by atoms with Crippen LogP contribution in [-0.2, 0) is 14.3 Å². The molecule has 2 amide bonds. The minimum absolute atomic E-state index is 0.0206. The Kier molecular flexibility index (Phi) is 11.1. The molecule has 0 radical (unpaired) electrons. The molecule has 15 heteroatoms. The monoisotopic (exact) mass is 708 g/mol. The molecule has 3 saturated heterocycles. The van der Waals surface area contributed by atoms with Gasteiger partial charge in [0.25, 0.3) is 17.5 Å². The van der Waals surface area contributed by atoms with Gasteiger partial charge in [0.2, 0.25) is 0 Å². The maximum atomic E-state index is 12.1. The lowest BCUT2D eigenvalue weighted by Gasteiger charge is -2.28. The van der Waals surface area contributed by atoms with Gasteiger partial charge in [0, 0.05) is 35.7 Å². The van der Waals surface area contributed by atoms with Crippen LogP contribution in [0.25, 0.3) is 12.2 Å². The van der Waals surface area contributed by atoms with Crippen molar-refractivity contribution < 1.29 is 24.0 Å². The maximum Gasteiger partial charge on any atom is 0.293 e. The van der Waals surface area contributed by atoms with E-state index < -0.39 is 4.92 Å². The molecule has 5 rings (SSSR count). The zero-order valence-electron chi connectivity index (χ0n) is 22.5. The van der Waals surface area contributed by atoms with E-state index >= 15 is 0 Å². The number of rotatable bonds is 6. The summed E-state index contributed by atoms with van der Waals surface area (Å²) in [5.41, 5.74) is 2.04. The summed E-state index contributed by atoms with van der Waals surface area (Å²) in [5, 5.41) is 13.9. The van der Waals surface area contributed by atoms with Gasteiger partial charge in [-0.15, -0.1) is 0 Å². The van der Waals surface area contributed by atoms with Crippen LogP contribution in [0.4, 0.5) is 11.4 Å². The third-order valence-corrected chi connectivity index (χ3v) is 9.19. The van der Waals surface area contributed by atoms with E-state index in [1.807, 2.05) is 36.1 Å². The number of hydrogen-bond acceptors (Lipinski definition) is 11. The zero-order chi connectivity index (χ0) is 30.4. The van der Waals surface area contributed by atoms with Crippen molar-refractivity contribution in [1.29, 1.82) is 0 Å². The van der Waals surface area contributed by atoms with Crippen molar-refractivity contribution in [3.63, 3.8) is 0 Å². The van der Waals surface area contributed by atoms with E-state index in [0.29, 0.717) is 62.6 Å². The van der Waals surface area contributed by atoms with E-state index in [1.54, 1.807) is 30.2 Å². The van der Waals surface area contributed by atoms with Crippen LogP contribution < -0.4 is 15.0 Å². The normalized spacial score (nSPS) is 18.8. The number of likely N-dealkylation sites (N-methyl/N-ethyl adjacent to an activating group) is 1. The van der Waals surface area contributed by atoms with Gasteiger partial charge in [-0.1, -0.05) is 70.0 Å². The van der Waals surface area contributed by atoms with Crippen LogP contribution in [0, 0.1) is 10.1 Å². The number of carbonyl (C=O) groups excluding carboxylic acids is 2. The summed E-state index contributed by atoms with van der Waals surface area (Å²) in [4.78, 5) is 39.4. The minimum atomic E-state index is -0.403. The fourth-order valence-electron chi connectivity index (χ4n) is 4.15. The topological polar surface area (TPSA) is 114 Å². The molecule has 2 aromatic rings. The molecule has 2 aromatic carbocycles. The molecule has 0 aromatic heterocycles. The number of thioether (sulfide) groups is 2. The van der Waals surface area contributed by atoms with Crippen molar-refractivity contribution >= 4 is 108 Å². The first kappa shape index (κ1) is 32.1. The number of halogens is 1. The SMILES string of the molecule is CCN1C(=O)/C(=C/c2cc(Br)ccc2OC)SC1=S.O=C1NC(=S)S/C1=C\c1ccc(N2CCOCC2)c([N+](=O)[O-])c1. The van der Waals surface area contributed by atoms with Crippen molar-refractivity contribution in [2.45, 2.75) is 6.92 Å². The van der Waals surface area contributed by atoms with Crippen LogP contribution in [0.3, 0.4) is 0 Å². The van der Waals surface area contributed by atoms with Gasteiger partial charge in [0.15, 0.2) is 0 Å². The van der Waals surface area contributed by atoms with Crippen LogP contribution in [0.5, 0.6) is 5.75 Å². The van der Waals surface area contributed by atoms with Gasteiger partial charge in [-0.25, -0.2) is 0 Å². The molecular weight excluding hydrogens is 684 g/mol. The van der Waals surface area contributed by atoms with Crippen molar-refractivity contribution in [2.24, 2.45) is 0 Å². The van der Waals surface area contributed by atoms with Crippen molar-refractivity contribution in [2.75, 3.05) is 44.9 Å². The van der Waals surface area contributed by atoms with Crippen LogP contribution in [-0.4, -0.2) is 70.2 Å². The molecule has 3 aliphatic rings. The van der Waals surface area contributed by atoms with Crippen LogP contribution >= 0.6 is 63.9 Å². The highest BCUT2D eigenvalue weighted by Crippen LogP contribution is 2.35. The molecule has 3 fully saturated rings. The Balaban J connectivity index is 0.000000197. The number of thiocarbonyl (C=S) groups is 2. The highest BCUT2D eigenvalue weighted by atomic mass is 79.9. The lowest BCUT2D eigenvalue weighted by Crippen LogP contribution is -2.36. The first-order valence-electron chi connectivity index (χ1n) is 12.6. The number of hydrogen-bond donors (Lipinski definition) is 1. The molecule has 0 atom stereocenters. The van der Waals surface area contributed by atoms with E-state index in [4.69, 9.17) is 33.9 Å². The fourth-order valence-corrected chi connectivity index (χ4v) is 6.95. The molecule has 3 heterocycles. The number of nitro benzene ring substituents is 1. The van der Waals surface area contributed by atoms with Gasteiger partial charge in [0.05, 0.1) is 35.1 Å². The number of amides is 2. The highest BCUT2D eigenvalue weighted by Gasteiger charge is 2.31. The Morgan fingerprint density at radius 3 is 2.45 bits per heavy atom. The third kappa shape index (κ3) is 7.76. The quantitative estimate of drug-likeness (QED) is 0.175. The van der Waals surface area contributed by atoms with Crippen molar-refractivity contribution in [1.82, 2.24) is 10.2 Å². The molecule has 3 aliphatic heterocycles. The second-order valence-corrected chi connectivity index (χ2v) is 13.1. The molecule has 0 unspecified atom stereocenters. The molecule has 0 saturated carbocycles. The minimum Gasteiger partial charge on any atom is -0.496 e. The van der Waals surface area contributed by atoms with Gasteiger partial charge in [-0.05, 0) is 48.9 Å². The van der Waals surface area contributed by atoms with Crippen molar-refractivity contribution in [3.8, 4) is 5.75 Å². The largest absolute Gasteiger partial charge is 0.496 e. The summed E-state index contributed by atoms with van der Waals surface area (Å²) < 4.78 is 12.5. The number of carbonyl (C=O) groups is 2. The molecule has 10 nitrogen and oxygen atoms in total. The zero-order valence-corrected chi connectivity index (χ0v) is 27.3. The lowest BCUT2D eigenvalue weighted by molar-refractivity contribution is -0.384. The summed E-state index contributed by atoms with van der Waals surface area (Å²) in [6.07, 6.45) is 3.42. The average Bonchev–Trinajstić information content (AvgIpc) is 3.43. The predicted molar refractivity (Wildman–Crippen MR) is 179 cm³/mol. The van der Waals surface area contributed by atoms with Gasteiger partial charge >= 0.3 is 0 Å². The van der Waals surface area contributed by atoms with E-state index in [9.17, 15) is 19.7 Å². The molecule has 1 N–H and O–H groups in total. The molecule has 0 bridgehead atoms. The van der Waals surface area contributed by atoms with Gasteiger partial charge in [-0.2, -0.15) is 0 Å². The predicted octanol–water partition coefficient (Wildman–Crippen LogP) is 5.60. The smallest absolute Gasteiger partial charge is 0.293 e. The number of nitrogens with one attached hydrogen (secondary N) is 1. The summed E-state index contributed by atoms with van der Waals surface area (Å²) in [5.74, 6) is 0.407. The van der Waals surface area contributed by atoms with Crippen LogP contribution in [0.1, 0.15) is 18.1 Å². The molecule has 0 spiro atoms. The molecule has 42 heavy (non-hydrogen) atoms. The maximum absolute atomic E-state index is 12.1. The summed E-state index contributed by atoms with van der Waals surface area (Å²) in [6, 6.07) is 10.6. The lowest BCUT2D eigenvalue weighted by atomic mass is 10.1. The van der Waals surface area contributed by atoms with Gasteiger partial charge in [-0.3, -0.25) is 24.6 Å². The van der Waals surface area contributed by atoms with E-state index in [2.05, 4.69) is 21.2 Å². The second-order valence-electron chi connectivity index (χ2n) is 8.77. The van der Waals surface area contributed by atoms with Gasteiger partial charge in [0.1, 0.15) is 20.1 Å².